The molecular weight excluding hydrogens is 299 g/mol. The molecular formula is C6H12Cl2CuN2O4-2. The number of hydrogen-bond donors (Lipinski definition) is 0. The molecule has 15 heavy (non-hydrogen) atoms. The molecule has 0 heterocycles. The van der Waals surface area contributed by atoms with Gasteiger partial charge < -0.3 is 20.9 Å². The Morgan fingerprint density at radius 3 is 1.27 bits per heavy atom. The molecule has 0 aliphatic heterocycles. The van der Waals surface area contributed by atoms with E-state index in [0.717, 1.165) is 13.1 Å². The second kappa shape index (κ2) is 19.5. The summed E-state index contributed by atoms with van der Waals surface area (Å²) in [6.07, 6.45) is 0. The molecule has 0 spiro atoms. The van der Waals surface area contributed by atoms with Gasteiger partial charge in [0.1, 0.15) is 0 Å². The first-order valence-electron chi connectivity index (χ1n) is 3.28. The summed E-state index contributed by atoms with van der Waals surface area (Å²) in [5.74, 6) is -0.981. The van der Waals surface area contributed by atoms with E-state index < -0.39 is 11.9 Å². The van der Waals surface area contributed by atoms with Crippen molar-refractivity contribution < 1.29 is 32.2 Å². The van der Waals surface area contributed by atoms with Crippen molar-refractivity contribution >= 4 is 32.1 Å². The molecule has 0 saturated carbocycles. The summed E-state index contributed by atoms with van der Waals surface area (Å²) < 4.78 is 8.15. The third kappa shape index (κ3) is 31.5. The summed E-state index contributed by atoms with van der Waals surface area (Å²) in [4.78, 5) is 19.5. The second-order valence-corrected chi connectivity index (χ2v) is 3.10. The Hall–Kier alpha value is -0.0405. The van der Waals surface area contributed by atoms with Gasteiger partial charge in [0.25, 0.3) is 11.9 Å². The molecule has 0 aliphatic carbocycles. The Bertz CT molecular complexity index is 134. The van der Waals surface area contributed by atoms with Gasteiger partial charge in [0.05, 0.1) is 14.2 Å². The van der Waals surface area contributed by atoms with Gasteiger partial charge in [-0.15, -0.1) is 0 Å². The van der Waals surface area contributed by atoms with Crippen molar-refractivity contribution in [2.24, 2.45) is 0 Å². The predicted octanol–water partition coefficient (Wildman–Crippen LogP) is 1.80. The molecule has 0 atom stereocenters. The molecule has 0 aromatic carbocycles. The van der Waals surface area contributed by atoms with Crippen LogP contribution in [0.3, 0.4) is 0 Å². The standard InChI is InChI=1S/2C3H6NO2.2ClH.Cu/c2*1-6-3(5)2-4;;;/h2*4H,2H2,1H3;2*1H;/q2*-1;;;+2/p-2. The van der Waals surface area contributed by atoms with Gasteiger partial charge in [-0.1, -0.05) is 0 Å². The van der Waals surface area contributed by atoms with Crippen LogP contribution in [0.4, 0.5) is 0 Å². The van der Waals surface area contributed by atoms with E-state index in [1.54, 1.807) is 0 Å². The van der Waals surface area contributed by atoms with E-state index in [1.807, 2.05) is 0 Å². The van der Waals surface area contributed by atoms with E-state index in [1.165, 1.54) is 14.2 Å². The van der Waals surface area contributed by atoms with Crippen LogP contribution in [0.5, 0.6) is 0 Å². The van der Waals surface area contributed by atoms with Crippen LogP contribution in [-0.4, -0.2) is 39.2 Å². The van der Waals surface area contributed by atoms with Gasteiger partial charge in [-0.05, 0) is 13.1 Å². The minimum atomic E-state index is -0.491. The first-order valence-corrected chi connectivity index (χ1v) is 5.87. The molecule has 0 unspecified atom stereocenters. The molecule has 0 rings (SSSR count). The summed E-state index contributed by atoms with van der Waals surface area (Å²) in [7, 11) is 11.9. The quantitative estimate of drug-likeness (QED) is 0.573. The molecule has 0 amide bonds. The summed E-state index contributed by atoms with van der Waals surface area (Å²) >= 11 is 0.757. The number of rotatable bonds is 2. The molecule has 0 bridgehead atoms. The normalized spacial score (nSPS) is 7.60. The van der Waals surface area contributed by atoms with Crippen molar-refractivity contribution in [2.45, 2.75) is 0 Å². The maximum absolute atomic E-state index is 9.77. The van der Waals surface area contributed by atoms with E-state index >= 15 is 0 Å². The van der Waals surface area contributed by atoms with Gasteiger partial charge >= 0.3 is 33.3 Å². The number of hydrogen-bond acceptors (Lipinski definition) is 4. The Morgan fingerprint density at radius 1 is 1.07 bits per heavy atom. The number of esters is 2. The number of ether oxygens (including phenoxy) is 2. The van der Waals surface area contributed by atoms with Gasteiger partial charge in [0, 0.05) is 0 Å². The Balaban J connectivity index is -0.000000153. The Morgan fingerprint density at radius 2 is 1.27 bits per heavy atom. The van der Waals surface area contributed by atoms with Gasteiger partial charge in [-0.3, -0.25) is 9.59 Å². The third-order valence-electron chi connectivity index (χ3n) is 0.744. The van der Waals surface area contributed by atoms with Gasteiger partial charge in [-0.2, -0.15) is 0 Å². The number of nitrogens with one attached hydrogen (secondary N) is 2. The van der Waals surface area contributed by atoms with Crippen LogP contribution < -0.4 is 0 Å². The maximum atomic E-state index is 9.77. The fraction of sp³-hybridized carbons (Fsp3) is 0.667. The molecule has 9 heteroatoms. The van der Waals surface area contributed by atoms with Crippen molar-refractivity contribution in [1.29, 1.82) is 0 Å². The van der Waals surface area contributed by atoms with E-state index in [-0.39, 0.29) is 13.1 Å². The van der Waals surface area contributed by atoms with Gasteiger partial charge in [0.15, 0.2) is 0 Å². The van der Waals surface area contributed by atoms with Crippen LogP contribution in [0, 0.1) is 0 Å². The molecule has 97 valence electrons. The Kier molecular flexibility index (Phi) is 26.5. The average molecular weight is 311 g/mol. The van der Waals surface area contributed by atoms with E-state index in [9.17, 15) is 9.59 Å². The number of halogens is 2. The minimum absolute atomic E-state index is 0.281. The van der Waals surface area contributed by atoms with Crippen LogP contribution in [0.15, 0.2) is 0 Å². The van der Waals surface area contributed by atoms with Crippen LogP contribution in [0.1, 0.15) is 0 Å². The van der Waals surface area contributed by atoms with E-state index in [0.29, 0.717) is 0 Å². The number of carbonyl (C=O) groups is 2. The molecule has 6 nitrogen and oxygen atoms in total. The van der Waals surface area contributed by atoms with Crippen molar-refractivity contribution in [2.75, 3.05) is 27.3 Å². The monoisotopic (exact) mass is 309 g/mol. The van der Waals surface area contributed by atoms with Gasteiger partial charge in [0.2, 0.25) is 0 Å². The SMILES string of the molecule is COC(=O)C[NH-].COC(=O)C[NH-].[Cl][Cu][Cl]. The van der Waals surface area contributed by atoms with E-state index in [2.05, 4.69) is 29.7 Å². The zero-order chi connectivity index (χ0) is 12.7. The average Bonchev–Trinajstić information content (AvgIpc) is 2.28. The fourth-order valence-corrected chi connectivity index (χ4v) is 0.144. The van der Waals surface area contributed by atoms with Crippen molar-refractivity contribution in [1.82, 2.24) is 0 Å². The first-order chi connectivity index (χ1) is 7.03. The van der Waals surface area contributed by atoms with Crippen molar-refractivity contribution in [3.05, 3.63) is 11.5 Å². The number of carbonyl (C=O) groups excluding carboxylic acids is 2. The summed E-state index contributed by atoms with van der Waals surface area (Å²) in [6, 6.07) is 0. The summed E-state index contributed by atoms with van der Waals surface area (Å²) in [6.45, 7) is -0.562. The van der Waals surface area contributed by atoms with Crippen LogP contribution >= 0.6 is 20.2 Å². The topological polar surface area (TPSA) is 100 Å². The molecule has 2 N–H and O–H groups in total. The van der Waals surface area contributed by atoms with Crippen molar-refractivity contribution in [3.63, 3.8) is 0 Å². The predicted molar refractivity (Wildman–Crippen MR) is 54.1 cm³/mol. The Labute approximate surface area is 103 Å². The second-order valence-electron chi connectivity index (χ2n) is 1.55. The van der Waals surface area contributed by atoms with Crippen LogP contribution in [0.25, 0.3) is 11.5 Å². The molecule has 0 aromatic rings. The molecule has 0 aromatic heterocycles. The van der Waals surface area contributed by atoms with E-state index in [4.69, 9.17) is 11.5 Å². The van der Waals surface area contributed by atoms with Crippen molar-refractivity contribution in [3.8, 4) is 0 Å². The summed E-state index contributed by atoms with van der Waals surface area (Å²) in [5.41, 5.74) is 12.7. The first kappa shape index (κ1) is 20.4. The molecule has 0 saturated heterocycles. The fourth-order valence-electron chi connectivity index (χ4n) is 0.144. The zero-order valence-electron chi connectivity index (χ0n) is 8.10. The van der Waals surface area contributed by atoms with Gasteiger partial charge in [-0.25, -0.2) is 0 Å². The zero-order valence-corrected chi connectivity index (χ0v) is 10.6. The van der Waals surface area contributed by atoms with Crippen LogP contribution in [0.2, 0.25) is 0 Å². The summed E-state index contributed by atoms with van der Waals surface area (Å²) in [5, 5.41) is 0. The third-order valence-corrected chi connectivity index (χ3v) is 0.744. The molecule has 0 fully saturated rings. The van der Waals surface area contributed by atoms with Crippen LogP contribution in [-0.2, 0) is 32.2 Å². The molecule has 0 radical (unpaired) electrons. The number of methoxy groups -OCH3 is 2. The molecule has 0 aliphatic rings.